The number of carbonyl (C=O) groups is 1. The number of halogens is 4. The first-order chi connectivity index (χ1) is 16.6. The van der Waals surface area contributed by atoms with Crippen molar-refractivity contribution < 1.29 is 32.2 Å². The van der Waals surface area contributed by atoms with Crippen LogP contribution in [0.3, 0.4) is 0 Å². The Labute approximate surface area is 202 Å². The lowest BCUT2D eigenvalue weighted by atomic mass is 9.75. The molecule has 1 saturated carbocycles. The van der Waals surface area contributed by atoms with E-state index in [9.17, 15) is 27.5 Å². The van der Waals surface area contributed by atoms with Gasteiger partial charge in [-0.15, -0.1) is 0 Å². The van der Waals surface area contributed by atoms with Crippen LogP contribution in [-0.4, -0.2) is 40.9 Å². The minimum Gasteiger partial charge on any atom is -0.484 e. The van der Waals surface area contributed by atoms with Crippen molar-refractivity contribution in [2.75, 3.05) is 28.3 Å². The van der Waals surface area contributed by atoms with Gasteiger partial charge in [-0.1, -0.05) is 0 Å². The van der Waals surface area contributed by atoms with Crippen molar-refractivity contribution in [1.29, 1.82) is 5.26 Å². The van der Waals surface area contributed by atoms with Crippen molar-refractivity contribution in [3.05, 3.63) is 47.3 Å². The number of hydrogen-bond acceptors (Lipinski definition) is 6. The van der Waals surface area contributed by atoms with Gasteiger partial charge in [-0.3, -0.25) is 9.69 Å². The Morgan fingerprint density at radius 2 is 2.03 bits per heavy atom. The van der Waals surface area contributed by atoms with E-state index in [2.05, 4.69) is 5.32 Å². The lowest BCUT2D eigenvalue weighted by Crippen LogP contribution is -2.55. The van der Waals surface area contributed by atoms with Crippen LogP contribution in [0.4, 0.5) is 34.6 Å². The number of nitrogens with zero attached hydrogens (tertiary/aromatic N) is 3. The molecule has 3 aliphatic rings. The fraction of sp³-hybridized carbons (Fsp3) is 0.348. The molecule has 1 aliphatic carbocycles. The molecule has 1 spiro atoms. The van der Waals surface area contributed by atoms with Gasteiger partial charge in [0, 0.05) is 5.69 Å². The Bertz CT molecular complexity index is 1290. The molecule has 7 nitrogen and oxygen atoms in total. The van der Waals surface area contributed by atoms with Gasteiger partial charge in [0.1, 0.15) is 23.2 Å². The number of aliphatic hydroxyl groups excluding tert-OH is 1. The van der Waals surface area contributed by atoms with E-state index in [1.165, 1.54) is 6.07 Å². The molecule has 2 aliphatic heterocycles. The SMILES string of the molecule is N#Cc1cc(F)c(N2C(=O)C3(CCC3)N(c3ccc4c(c3)NCC(CO)O4)C2=S)cc1C(F)(F)F. The third-order valence-corrected chi connectivity index (χ3v) is 6.95. The highest BCUT2D eigenvalue weighted by atomic mass is 32.1. The van der Waals surface area contributed by atoms with Crippen LogP contribution in [0, 0.1) is 17.1 Å². The monoisotopic (exact) mass is 506 g/mol. The smallest absolute Gasteiger partial charge is 0.417 e. The second-order valence-corrected chi connectivity index (χ2v) is 8.95. The largest absolute Gasteiger partial charge is 0.484 e. The zero-order valence-electron chi connectivity index (χ0n) is 18.0. The summed E-state index contributed by atoms with van der Waals surface area (Å²) in [6.45, 7) is 0.178. The van der Waals surface area contributed by atoms with Crippen LogP contribution in [0.15, 0.2) is 30.3 Å². The number of anilines is 3. The molecule has 0 bridgehead atoms. The predicted octanol–water partition coefficient (Wildman–Crippen LogP) is 3.94. The van der Waals surface area contributed by atoms with Crippen LogP contribution >= 0.6 is 12.2 Å². The molecule has 1 saturated heterocycles. The highest BCUT2D eigenvalue weighted by molar-refractivity contribution is 7.81. The van der Waals surface area contributed by atoms with E-state index < -0.39 is 46.4 Å². The van der Waals surface area contributed by atoms with Gasteiger partial charge in [0.2, 0.25) is 0 Å². The maximum atomic E-state index is 15.0. The maximum Gasteiger partial charge on any atom is 0.417 e. The number of rotatable bonds is 3. The summed E-state index contributed by atoms with van der Waals surface area (Å²) in [5, 5.41) is 21.4. The summed E-state index contributed by atoms with van der Waals surface area (Å²) in [5.41, 5.74) is -2.93. The van der Waals surface area contributed by atoms with Crippen molar-refractivity contribution in [2.45, 2.75) is 37.1 Å². The lowest BCUT2D eigenvalue weighted by Gasteiger charge is -2.43. The molecule has 2 fully saturated rings. The third-order valence-electron chi connectivity index (χ3n) is 6.59. The minimum atomic E-state index is -4.93. The van der Waals surface area contributed by atoms with Crippen LogP contribution in [0.5, 0.6) is 5.75 Å². The highest BCUT2D eigenvalue weighted by Gasteiger charge is 2.60. The topological polar surface area (TPSA) is 88.8 Å². The van der Waals surface area contributed by atoms with Gasteiger partial charge in [-0.05, 0) is 61.8 Å². The molecule has 182 valence electrons. The van der Waals surface area contributed by atoms with E-state index >= 15 is 0 Å². The van der Waals surface area contributed by atoms with Crippen molar-refractivity contribution in [3.63, 3.8) is 0 Å². The highest BCUT2D eigenvalue weighted by Crippen LogP contribution is 2.49. The summed E-state index contributed by atoms with van der Waals surface area (Å²) in [6.07, 6.45) is -3.88. The number of carbonyl (C=O) groups excluding carboxylic acids is 1. The van der Waals surface area contributed by atoms with Crippen LogP contribution in [0.1, 0.15) is 30.4 Å². The number of alkyl halides is 3. The number of aliphatic hydroxyl groups is 1. The molecule has 2 aromatic rings. The van der Waals surface area contributed by atoms with Gasteiger partial charge in [-0.2, -0.15) is 18.4 Å². The Morgan fingerprint density at radius 3 is 2.63 bits per heavy atom. The first kappa shape index (κ1) is 23.3. The van der Waals surface area contributed by atoms with Gasteiger partial charge in [0.15, 0.2) is 5.11 Å². The molecule has 2 N–H and O–H groups in total. The predicted molar refractivity (Wildman–Crippen MR) is 122 cm³/mol. The molecule has 0 radical (unpaired) electrons. The number of amides is 1. The zero-order valence-corrected chi connectivity index (χ0v) is 18.8. The third kappa shape index (κ3) is 3.49. The van der Waals surface area contributed by atoms with E-state index in [1.54, 1.807) is 23.1 Å². The average molecular weight is 506 g/mol. The average Bonchev–Trinajstić information content (AvgIpc) is 3.04. The van der Waals surface area contributed by atoms with Crippen molar-refractivity contribution in [2.24, 2.45) is 0 Å². The number of fused-ring (bicyclic) bond motifs is 1. The van der Waals surface area contributed by atoms with Crippen molar-refractivity contribution in [1.82, 2.24) is 0 Å². The fourth-order valence-electron chi connectivity index (χ4n) is 4.70. The Morgan fingerprint density at radius 1 is 1.29 bits per heavy atom. The molecule has 1 atom stereocenters. The normalized spacial score (nSPS) is 20.7. The summed E-state index contributed by atoms with van der Waals surface area (Å²) in [5.74, 6) is -1.28. The molecule has 12 heteroatoms. The molecule has 1 unspecified atom stereocenters. The summed E-state index contributed by atoms with van der Waals surface area (Å²) in [6, 6.07) is 7.28. The fourth-order valence-corrected chi connectivity index (χ4v) is 5.16. The van der Waals surface area contributed by atoms with E-state index in [0.29, 0.717) is 55.1 Å². The number of nitriles is 1. The van der Waals surface area contributed by atoms with Crippen molar-refractivity contribution in [3.8, 4) is 11.8 Å². The minimum absolute atomic E-state index is 0.156. The molecule has 2 heterocycles. The number of nitrogens with one attached hydrogen (secondary N) is 1. The zero-order chi connectivity index (χ0) is 25.1. The molecular weight excluding hydrogens is 488 g/mol. The number of benzene rings is 2. The van der Waals surface area contributed by atoms with Crippen LogP contribution < -0.4 is 19.9 Å². The number of hydrogen-bond donors (Lipinski definition) is 2. The number of thiocarbonyl (C=S) groups is 1. The standard InChI is InChI=1S/C23H18F4N4O3S/c24-16-6-12(9-28)15(23(25,26)27)8-18(16)30-20(33)22(4-1-5-22)31(21(30)35)13-2-3-19-17(7-13)29-10-14(11-32)34-19/h2-3,6-8,14,29,32H,1,4-5,10-11H2. The summed E-state index contributed by atoms with van der Waals surface area (Å²) < 4.78 is 61.3. The van der Waals surface area contributed by atoms with E-state index in [4.69, 9.17) is 22.2 Å². The van der Waals surface area contributed by atoms with Crippen LogP contribution in [0.25, 0.3) is 0 Å². The Balaban J connectivity index is 1.59. The van der Waals surface area contributed by atoms with Gasteiger partial charge in [0.05, 0.1) is 41.7 Å². The van der Waals surface area contributed by atoms with Gasteiger partial charge >= 0.3 is 6.18 Å². The summed E-state index contributed by atoms with van der Waals surface area (Å²) in [4.78, 5) is 15.9. The number of ether oxygens (including phenoxy) is 1. The second-order valence-electron chi connectivity index (χ2n) is 8.59. The van der Waals surface area contributed by atoms with Crippen LogP contribution in [-0.2, 0) is 11.0 Å². The Kier molecular flexibility index (Phi) is 5.37. The lowest BCUT2D eigenvalue weighted by molar-refractivity contribution is -0.137. The van der Waals surface area contributed by atoms with E-state index in [1.807, 2.05) is 0 Å². The first-order valence-corrected chi connectivity index (χ1v) is 11.2. The van der Waals surface area contributed by atoms with Crippen molar-refractivity contribution >= 4 is 40.3 Å². The van der Waals surface area contributed by atoms with Gasteiger partial charge in [0.25, 0.3) is 5.91 Å². The van der Waals surface area contributed by atoms with Crippen LogP contribution in [0.2, 0.25) is 0 Å². The molecular formula is C23H18F4N4O3S. The second kappa shape index (κ2) is 8.07. The maximum absolute atomic E-state index is 15.0. The molecule has 35 heavy (non-hydrogen) atoms. The molecule has 5 rings (SSSR count). The summed E-state index contributed by atoms with van der Waals surface area (Å²) in [7, 11) is 0. The molecule has 2 aromatic carbocycles. The Hall–Kier alpha value is -3.43. The van der Waals surface area contributed by atoms with Gasteiger partial charge in [-0.25, -0.2) is 4.39 Å². The van der Waals surface area contributed by atoms with E-state index in [-0.39, 0.29) is 11.7 Å². The summed E-state index contributed by atoms with van der Waals surface area (Å²) >= 11 is 5.54. The van der Waals surface area contributed by atoms with Gasteiger partial charge < -0.3 is 20.1 Å². The first-order valence-electron chi connectivity index (χ1n) is 10.8. The molecule has 0 aromatic heterocycles. The van der Waals surface area contributed by atoms with E-state index in [0.717, 1.165) is 4.90 Å². The quantitative estimate of drug-likeness (QED) is 0.482. The molecule has 1 amide bonds.